The largest absolute Gasteiger partial charge is 0.394 e. The Kier molecular flexibility index (Phi) is 12.0. The van der Waals surface area contributed by atoms with Crippen molar-refractivity contribution in [1.29, 1.82) is 0 Å². The molecular formula is C41H70O13. The molecule has 2 heterocycles. The Labute approximate surface area is 320 Å². The van der Waals surface area contributed by atoms with E-state index in [2.05, 4.69) is 40.7 Å². The van der Waals surface area contributed by atoms with Gasteiger partial charge in [0.15, 0.2) is 12.6 Å². The highest BCUT2D eigenvalue weighted by Gasteiger charge is 2.73. The van der Waals surface area contributed by atoms with Crippen LogP contribution in [0.15, 0.2) is 11.6 Å². The average molecular weight is 771 g/mol. The third-order valence-corrected chi connectivity index (χ3v) is 16.1. The van der Waals surface area contributed by atoms with Crippen molar-refractivity contribution in [2.75, 3.05) is 13.2 Å². The Morgan fingerprint density at radius 1 is 0.833 bits per heavy atom. The molecule has 54 heavy (non-hydrogen) atoms. The normalized spacial score (nSPS) is 52.8. The number of fused-ring (bicyclic) bond motifs is 5. The van der Waals surface area contributed by atoms with E-state index >= 15 is 0 Å². The lowest BCUT2D eigenvalue weighted by Gasteiger charge is -2.72. The summed E-state index contributed by atoms with van der Waals surface area (Å²) in [5.41, 5.74) is -1.69. The van der Waals surface area contributed by atoms with E-state index in [0.717, 1.165) is 19.3 Å². The molecule has 0 aromatic carbocycles. The van der Waals surface area contributed by atoms with Crippen molar-refractivity contribution in [3.8, 4) is 0 Å². The summed E-state index contributed by atoms with van der Waals surface area (Å²) in [6.07, 6.45) is -7.90. The van der Waals surface area contributed by atoms with Gasteiger partial charge in [0.1, 0.15) is 42.7 Å². The number of hydrogen-bond acceptors (Lipinski definition) is 13. The zero-order valence-corrected chi connectivity index (χ0v) is 33.5. The maximum Gasteiger partial charge on any atom is 0.187 e. The minimum atomic E-state index is -1.68. The zero-order chi connectivity index (χ0) is 39.9. The molecule has 0 radical (unpaired) electrons. The van der Waals surface area contributed by atoms with Gasteiger partial charge in [0.2, 0.25) is 0 Å². The topological polar surface area (TPSA) is 219 Å². The lowest BCUT2D eigenvalue weighted by atomic mass is 9.34. The third kappa shape index (κ3) is 6.86. The van der Waals surface area contributed by atoms with Gasteiger partial charge in [-0.3, -0.25) is 0 Å². The van der Waals surface area contributed by atoms with Crippen LogP contribution in [-0.2, 0) is 18.9 Å². The first-order chi connectivity index (χ1) is 25.0. The maximum absolute atomic E-state index is 12.2. The molecule has 0 bridgehead atoms. The number of ether oxygens (including phenoxy) is 4. The van der Waals surface area contributed by atoms with Crippen LogP contribution in [0.5, 0.6) is 0 Å². The number of aliphatic hydroxyl groups excluding tert-OH is 8. The van der Waals surface area contributed by atoms with Crippen molar-refractivity contribution in [1.82, 2.24) is 0 Å². The maximum atomic E-state index is 12.2. The Hall–Kier alpha value is -0.780. The fourth-order valence-electron chi connectivity index (χ4n) is 13.1. The van der Waals surface area contributed by atoms with Crippen molar-refractivity contribution in [3.05, 3.63) is 11.6 Å². The van der Waals surface area contributed by atoms with E-state index in [1.54, 1.807) is 0 Å². The predicted octanol–water partition coefficient (Wildman–Crippen LogP) is 1.76. The Morgan fingerprint density at radius 2 is 1.52 bits per heavy atom. The minimum Gasteiger partial charge on any atom is -0.394 e. The zero-order valence-electron chi connectivity index (χ0n) is 33.5. The summed E-state index contributed by atoms with van der Waals surface area (Å²) in [4.78, 5) is 0. The van der Waals surface area contributed by atoms with Crippen molar-refractivity contribution in [2.24, 2.45) is 45.3 Å². The highest BCUT2D eigenvalue weighted by molar-refractivity contribution is 5.22. The molecule has 13 nitrogen and oxygen atoms in total. The standard InChI is InChI=1S/C41H70O13/c1-20(2)10-9-13-41(8,50)21-11-15-39(6)28(21)22(43)16-26-38(5)14-12-27(45)37(3,4)34(38)24(17-40(26,39)7)52-36-33(31(48)30(47)25(18-42)53-36)54-35-32(49)29(46)23(44)19-51-35/h10,21-36,42-50H,9,11-19H2,1-8H3/t21-,22-,23+,24-,25-,26-,27+,28+,29+,30-,31+,32+,33-,34+,35-,36-,38-,39-,40-,41+/m1/s1. The van der Waals surface area contributed by atoms with Gasteiger partial charge in [0.25, 0.3) is 0 Å². The first kappa shape index (κ1) is 42.8. The molecule has 0 amide bonds. The molecule has 0 spiro atoms. The van der Waals surface area contributed by atoms with Gasteiger partial charge in [0.05, 0.1) is 37.1 Å². The molecule has 4 aliphatic carbocycles. The van der Waals surface area contributed by atoms with Crippen LogP contribution in [0.3, 0.4) is 0 Å². The summed E-state index contributed by atoms with van der Waals surface area (Å²) in [6.45, 7) is 16.0. The van der Waals surface area contributed by atoms with Crippen LogP contribution in [0.1, 0.15) is 107 Å². The van der Waals surface area contributed by atoms with Crippen LogP contribution in [0, 0.1) is 45.3 Å². The molecule has 0 unspecified atom stereocenters. The number of allylic oxidation sites excluding steroid dienone is 2. The van der Waals surface area contributed by atoms with E-state index in [-0.39, 0.29) is 30.3 Å². The van der Waals surface area contributed by atoms with Gasteiger partial charge in [-0.2, -0.15) is 0 Å². The van der Waals surface area contributed by atoms with E-state index in [0.29, 0.717) is 32.1 Å². The van der Waals surface area contributed by atoms with Crippen molar-refractivity contribution in [2.45, 2.75) is 186 Å². The van der Waals surface area contributed by atoms with Crippen molar-refractivity contribution < 1.29 is 64.9 Å². The lowest BCUT2D eigenvalue weighted by Crippen LogP contribution is -2.71. The Bertz CT molecular complexity index is 1350. The number of aliphatic hydroxyl groups is 9. The van der Waals surface area contributed by atoms with E-state index in [1.807, 2.05) is 20.8 Å². The summed E-state index contributed by atoms with van der Waals surface area (Å²) < 4.78 is 24.8. The third-order valence-electron chi connectivity index (χ3n) is 16.1. The monoisotopic (exact) mass is 770 g/mol. The number of rotatable bonds is 9. The highest BCUT2D eigenvalue weighted by atomic mass is 16.8. The van der Waals surface area contributed by atoms with Crippen LogP contribution >= 0.6 is 0 Å². The van der Waals surface area contributed by atoms with Crippen LogP contribution < -0.4 is 0 Å². The SMILES string of the molecule is CC(C)=CCC[C@](C)(O)[C@@H]1CC[C@]2(C)[C@@H]1[C@H](O)C[C@@H]1[C@@]3(C)CC[C@H](O)C(C)(C)[C@@H]3[C@H](O[C@@H]3O[C@H](CO)[C@@H](O)[C@H](O)[C@H]3O[C@H]3OC[C@H](O)[C@H](O)[C@@H]3O)C[C@]12C. The van der Waals surface area contributed by atoms with Gasteiger partial charge < -0.3 is 64.9 Å². The molecule has 6 fully saturated rings. The van der Waals surface area contributed by atoms with Crippen LogP contribution in [-0.4, -0.2) is 138 Å². The Morgan fingerprint density at radius 3 is 2.17 bits per heavy atom. The molecule has 4 saturated carbocycles. The fourth-order valence-corrected chi connectivity index (χ4v) is 13.1. The van der Waals surface area contributed by atoms with Crippen molar-refractivity contribution >= 4 is 0 Å². The fraction of sp³-hybridized carbons (Fsp3) is 0.951. The van der Waals surface area contributed by atoms with Gasteiger partial charge >= 0.3 is 0 Å². The van der Waals surface area contributed by atoms with Crippen molar-refractivity contribution in [3.63, 3.8) is 0 Å². The second-order valence-corrected chi connectivity index (χ2v) is 19.8. The molecular weight excluding hydrogens is 700 g/mol. The lowest BCUT2D eigenvalue weighted by molar-refractivity contribution is -0.377. The first-order valence-corrected chi connectivity index (χ1v) is 20.4. The van der Waals surface area contributed by atoms with Gasteiger partial charge in [-0.25, -0.2) is 0 Å². The van der Waals surface area contributed by atoms with E-state index in [4.69, 9.17) is 18.9 Å². The molecule has 0 aromatic rings. The summed E-state index contributed by atoms with van der Waals surface area (Å²) in [5, 5.41) is 99.6. The number of hydrogen-bond donors (Lipinski definition) is 9. The van der Waals surface area contributed by atoms with Gasteiger partial charge in [-0.1, -0.05) is 46.3 Å². The van der Waals surface area contributed by atoms with E-state index in [1.165, 1.54) is 5.57 Å². The molecule has 20 atom stereocenters. The van der Waals surface area contributed by atoms with E-state index < -0.39 is 107 Å². The van der Waals surface area contributed by atoms with E-state index in [9.17, 15) is 46.0 Å². The summed E-state index contributed by atoms with van der Waals surface area (Å²) in [7, 11) is 0. The van der Waals surface area contributed by atoms with Gasteiger partial charge in [-0.05, 0) is 117 Å². The summed E-state index contributed by atoms with van der Waals surface area (Å²) in [6, 6.07) is 0. The smallest absolute Gasteiger partial charge is 0.187 e. The molecule has 13 heteroatoms. The second kappa shape index (κ2) is 15.1. The first-order valence-electron chi connectivity index (χ1n) is 20.4. The molecule has 9 N–H and O–H groups in total. The summed E-state index contributed by atoms with van der Waals surface area (Å²) in [5.74, 6) is -0.513. The second-order valence-electron chi connectivity index (χ2n) is 19.8. The molecule has 2 aliphatic heterocycles. The molecule has 312 valence electrons. The average Bonchev–Trinajstić information content (AvgIpc) is 3.48. The highest BCUT2D eigenvalue weighted by Crippen LogP contribution is 2.76. The molecule has 2 saturated heterocycles. The van der Waals surface area contributed by atoms with Gasteiger partial charge in [-0.15, -0.1) is 0 Å². The summed E-state index contributed by atoms with van der Waals surface area (Å²) >= 11 is 0. The van der Waals surface area contributed by atoms with Crippen LogP contribution in [0.2, 0.25) is 0 Å². The minimum absolute atomic E-state index is 0.0443. The molecule has 6 rings (SSSR count). The predicted molar refractivity (Wildman–Crippen MR) is 196 cm³/mol. The molecule has 0 aromatic heterocycles. The van der Waals surface area contributed by atoms with Crippen LogP contribution in [0.25, 0.3) is 0 Å². The Balaban J connectivity index is 1.38. The quantitative estimate of drug-likeness (QED) is 0.121. The molecule has 6 aliphatic rings. The van der Waals surface area contributed by atoms with Crippen LogP contribution in [0.4, 0.5) is 0 Å². The van der Waals surface area contributed by atoms with Gasteiger partial charge in [0, 0.05) is 0 Å².